The first-order chi connectivity index (χ1) is 15.1. The Labute approximate surface area is 184 Å². The highest BCUT2D eigenvalue weighted by molar-refractivity contribution is 5.91. The lowest BCUT2D eigenvalue weighted by atomic mass is 10.2. The normalized spacial score (nSPS) is 22.5. The molecule has 0 aliphatic carbocycles. The number of hydrogen-bond donors (Lipinski definition) is 4. The zero-order valence-electron chi connectivity index (χ0n) is 18.9. The van der Waals surface area contributed by atoms with Gasteiger partial charge in [0, 0.05) is 17.4 Å². The van der Waals surface area contributed by atoms with Crippen LogP contribution in [-0.2, 0) is 11.3 Å². The Hall–Kier alpha value is -2.42. The van der Waals surface area contributed by atoms with E-state index in [1.165, 1.54) is 35.1 Å². The van der Waals surface area contributed by atoms with Gasteiger partial charge < -0.3 is 29.4 Å². The molecule has 2 aromatic rings. The Kier molecular flexibility index (Phi) is 7.21. The molecule has 2 aliphatic heterocycles. The van der Waals surface area contributed by atoms with Crippen molar-refractivity contribution in [3.8, 4) is 0 Å². The number of piperazine rings is 2. The minimum Gasteiger partial charge on any atom is -0.361 e. The molecule has 0 saturated carbocycles. The molecule has 8 heteroatoms. The molecule has 31 heavy (non-hydrogen) atoms. The molecule has 2 aliphatic rings. The molecule has 0 unspecified atom stereocenters. The molecule has 0 radical (unpaired) electrons. The number of nitrogens with one attached hydrogen (secondary N) is 4. The molecule has 1 amide bonds. The van der Waals surface area contributed by atoms with Crippen LogP contribution in [0.15, 0.2) is 34.9 Å². The van der Waals surface area contributed by atoms with E-state index in [0.717, 1.165) is 63.0 Å². The number of amides is 1. The van der Waals surface area contributed by atoms with Crippen LogP contribution in [0.2, 0.25) is 0 Å². The summed E-state index contributed by atoms with van der Waals surface area (Å²) in [5.74, 6) is 0.960. The number of rotatable bonds is 7. The lowest BCUT2D eigenvalue weighted by molar-refractivity contribution is -1.02. The van der Waals surface area contributed by atoms with E-state index >= 15 is 0 Å². The largest absolute Gasteiger partial charge is 0.361 e. The SMILES string of the molecule is CC[NH+]1CCN(c2ccc(NC(=O)C[NH+]3CC[NH+](Cc4cc(C)on4)CC3)cc2)CC1. The molecular formula is C23H37N6O2+3. The molecular weight excluding hydrogens is 392 g/mol. The number of nitrogens with zero attached hydrogens (tertiary/aromatic N) is 2. The Balaban J connectivity index is 1.19. The zero-order chi connectivity index (χ0) is 21.6. The van der Waals surface area contributed by atoms with Crippen LogP contribution in [0, 0.1) is 6.92 Å². The summed E-state index contributed by atoms with van der Waals surface area (Å²) in [7, 11) is 0. The van der Waals surface area contributed by atoms with Gasteiger partial charge in [0.2, 0.25) is 0 Å². The maximum absolute atomic E-state index is 12.5. The standard InChI is InChI=1S/C23H34N6O2/c1-3-26-12-14-29(15-13-26)22-6-4-20(5-7-22)24-23(30)18-28-10-8-27(9-11-28)17-21-16-19(2)31-25-21/h4-7,16H,3,8-15,17-18H2,1-2H3,(H,24,30)/p+3. The van der Waals surface area contributed by atoms with Crippen LogP contribution >= 0.6 is 0 Å². The number of aromatic nitrogens is 1. The average Bonchev–Trinajstić information content (AvgIpc) is 3.20. The fourth-order valence-electron chi connectivity index (χ4n) is 4.69. The lowest BCUT2D eigenvalue weighted by Gasteiger charge is -2.33. The molecule has 3 heterocycles. The van der Waals surface area contributed by atoms with Crippen molar-refractivity contribution in [3.63, 3.8) is 0 Å². The first-order valence-electron chi connectivity index (χ1n) is 11.7. The molecule has 4 rings (SSSR count). The quantitative estimate of drug-likeness (QED) is 0.397. The fraction of sp³-hybridized carbons (Fsp3) is 0.565. The van der Waals surface area contributed by atoms with E-state index in [2.05, 4.69) is 34.4 Å². The minimum absolute atomic E-state index is 0.0958. The molecule has 1 aromatic heterocycles. The van der Waals surface area contributed by atoms with Crippen molar-refractivity contribution in [1.29, 1.82) is 0 Å². The van der Waals surface area contributed by atoms with Gasteiger partial charge in [-0.1, -0.05) is 5.16 Å². The van der Waals surface area contributed by atoms with Gasteiger partial charge in [-0.25, -0.2) is 0 Å². The second-order valence-corrected chi connectivity index (χ2v) is 8.97. The smallest absolute Gasteiger partial charge is 0.279 e. The number of carbonyl (C=O) groups excluding carboxylic acids is 1. The predicted octanol–water partition coefficient (Wildman–Crippen LogP) is -2.37. The first kappa shape index (κ1) is 21.8. The van der Waals surface area contributed by atoms with Crippen LogP contribution in [0.1, 0.15) is 18.4 Å². The van der Waals surface area contributed by atoms with Crippen molar-refractivity contribution in [2.24, 2.45) is 0 Å². The van der Waals surface area contributed by atoms with E-state index in [1.807, 2.05) is 25.1 Å². The number of aryl methyl sites for hydroxylation is 1. The number of quaternary nitrogens is 3. The van der Waals surface area contributed by atoms with Gasteiger partial charge in [-0.15, -0.1) is 0 Å². The zero-order valence-corrected chi connectivity index (χ0v) is 18.9. The van der Waals surface area contributed by atoms with Gasteiger partial charge in [0.1, 0.15) is 44.2 Å². The van der Waals surface area contributed by atoms with Crippen molar-refractivity contribution in [1.82, 2.24) is 5.16 Å². The molecule has 2 saturated heterocycles. The van der Waals surface area contributed by atoms with Crippen molar-refractivity contribution in [2.75, 3.05) is 75.7 Å². The summed E-state index contributed by atoms with van der Waals surface area (Å²) >= 11 is 0. The van der Waals surface area contributed by atoms with Crippen molar-refractivity contribution in [3.05, 3.63) is 41.8 Å². The molecule has 8 nitrogen and oxygen atoms in total. The summed E-state index contributed by atoms with van der Waals surface area (Å²) in [5.41, 5.74) is 3.16. The number of likely N-dealkylation sites (N-methyl/N-ethyl adjacent to an activating group) is 1. The summed E-state index contributed by atoms with van der Waals surface area (Å²) < 4.78 is 5.16. The highest BCUT2D eigenvalue weighted by atomic mass is 16.5. The summed E-state index contributed by atoms with van der Waals surface area (Å²) in [5, 5.41) is 7.17. The predicted molar refractivity (Wildman–Crippen MR) is 120 cm³/mol. The maximum Gasteiger partial charge on any atom is 0.279 e. The second-order valence-electron chi connectivity index (χ2n) is 8.97. The molecule has 4 N–H and O–H groups in total. The Morgan fingerprint density at radius 2 is 1.71 bits per heavy atom. The molecule has 168 valence electrons. The van der Waals surface area contributed by atoms with Gasteiger partial charge in [-0.3, -0.25) is 4.79 Å². The van der Waals surface area contributed by atoms with E-state index < -0.39 is 0 Å². The molecule has 0 spiro atoms. The summed E-state index contributed by atoms with van der Waals surface area (Å²) in [6, 6.07) is 10.3. The summed E-state index contributed by atoms with van der Waals surface area (Å²) in [6.45, 7) is 15.5. The average molecular weight is 430 g/mol. The third-order valence-electron chi connectivity index (χ3n) is 6.67. The Morgan fingerprint density at radius 1 is 1.03 bits per heavy atom. The molecule has 2 fully saturated rings. The van der Waals surface area contributed by atoms with E-state index in [-0.39, 0.29) is 5.91 Å². The lowest BCUT2D eigenvalue weighted by Crippen LogP contribution is -3.28. The van der Waals surface area contributed by atoms with E-state index in [4.69, 9.17) is 4.52 Å². The van der Waals surface area contributed by atoms with Crippen molar-refractivity contribution < 1.29 is 24.0 Å². The first-order valence-corrected chi connectivity index (χ1v) is 11.7. The van der Waals surface area contributed by atoms with Crippen LogP contribution in [0.3, 0.4) is 0 Å². The summed E-state index contributed by atoms with van der Waals surface area (Å²) in [4.78, 5) is 19.5. The fourth-order valence-corrected chi connectivity index (χ4v) is 4.69. The van der Waals surface area contributed by atoms with Gasteiger partial charge >= 0.3 is 0 Å². The molecule has 1 aromatic carbocycles. The second kappa shape index (κ2) is 10.3. The molecule has 0 atom stereocenters. The topological polar surface area (TPSA) is 71.7 Å². The third-order valence-corrected chi connectivity index (χ3v) is 6.67. The van der Waals surface area contributed by atoms with E-state index in [1.54, 1.807) is 4.90 Å². The van der Waals surface area contributed by atoms with Gasteiger partial charge in [-0.2, -0.15) is 0 Å². The number of anilines is 2. The molecule has 0 bridgehead atoms. The Bertz CT molecular complexity index is 836. The van der Waals surface area contributed by atoms with E-state index in [0.29, 0.717) is 6.54 Å². The number of benzene rings is 1. The monoisotopic (exact) mass is 429 g/mol. The van der Waals surface area contributed by atoms with Crippen molar-refractivity contribution in [2.45, 2.75) is 20.4 Å². The minimum atomic E-state index is 0.0958. The Morgan fingerprint density at radius 3 is 2.32 bits per heavy atom. The van der Waals surface area contributed by atoms with Crippen LogP contribution < -0.4 is 24.9 Å². The van der Waals surface area contributed by atoms with Gasteiger partial charge in [0.05, 0.1) is 32.7 Å². The van der Waals surface area contributed by atoms with Crippen molar-refractivity contribution >= 4 is 17.3 Å². The van der Waals surface area contributed by atoms with Gasteiger partial charge in [-0.05, 0) is 38.1 Å². The number of hydrogen-bond acceptors (Lipinski definition) is 4. The van der Waals surface area contributed by atoms with Crippen LogP contribution in [0.5, 0.6) is 0 Å². The van der Waals surface area contributed by atoms with E-state index in [9.17, 15) is 4.79 Å². The maximum atomic E-state index is 12.5. The van der Waals surface area contributed by atoms with Gasteiger partial charge in [0.15, 0.2) is 6.54 Å². The highest BCUT2D eigenvalue weighted by Crippen LogP contribution is 2.17. The highest BCUT2D eigenvalue weighted by Gasteiger charge is 2.25. The third kappa shape index (κ3) is 6.06. The summed E-state index contributed by atoms with van der Waals surface area (Å²) in [6.07, 6.45) is 0. The van der Waals surface area contributed by atoms with Crippen LogP contribution in [0.4, 0.5) is 11.4 Å². The van der Waals surface area contributed by atoms with Crippen LogP contribution in [0.25, 0.3) is 0 Å². The van der Waals surface area contributed by atoms with Gasteiger partial charge in [0.25, 0.3) is 5.91 Å². The number of carbonyl (C=O) groups is 1. The van der Waals surface area contributed by atoms with Crippen LogP contribution in [-0.4, -0.2) is 76.5 Å².